The normalized spacial score (nSPS) is 8.95. The molecule has 0 aromatic carbocycles. The maximum Gasteiger partial charge on any atom is 0.303 e. The zero-order chi connectivity index (χ0) is 14.2. The number of carboxylic acids is 2. The van der Waals surface area contributed by atoms with Gasteiger partial charge < -0.3 is 10.2 Å². The van der Waals surface area contributed by atoms with Crippen molar-refractivity contribution < 1.29 is 19.8 Å². The Hall–Kier alpha value is -0.710. The van der Waals surface area contributed by atoms with E-state index in [1.54, 1.807) is 0 Å². The van der Waals surface area contributed by atoms with E-state index in [1.165, 1.54) is 12.8 Å². The number of carboxylic acid groups (broad SMARTS) is 2. The van der Waals surface area contributed by atoms with E-state index >= 15 is 0 Å². The molecular weight excluding hydrogens is 264 g/mol. The summed E-state index contributed by atoms with van der Waals surface area (Å²) in [7, 11) is 0. The third-order valence-electron chi connectivity index (χ3n) is 2.49. The van der Waals surface area contributed by atoms with E-state index < -0.39 is 11.9 Å². The molecule has 0 saturated carbocycles. The fourth-order valence-electron chi connectivity index (χ4n) is 1.41. The number of hydrogen-bond donors (Lipinski definition) is 2. The van der Waals surface area contributed by atoms with Crippen LogP contribution in [0.15, 0.2) is 0 Å². The topological polar surface area (TPSA) is 74.6 Å². The van der Waals surface area contributed by atoms with Gasteiger partial charge in [0.25, 0.3) is 0 Å². The van der Waals surface area contributed by atoms with Crippen LogP contribution >= 0.6 is 13.5 Å². The highest BCUT2D eigenvalue weighted by Gasteiger charge is 1.94. The minimum absolute atomic E-state index is 0. The summed E-state index contributed by atoms with van der Waals surface area (Å²) in [4.78, 5) is 19.9. The number of unbranched alkanes of at least 4 members (excludes halogenated alkanes) is 6. The van der Waals surface area contributed by atoms with Crippen molar-refractivity contribution in [3.05, 3.63) is 0 Å². The van der Waals surface area contributed by atoms with Crippen molar-refractivity contribution in [1.82, 2.24) is 0 Å². The first-order chi connectivity index (χ1) is 8.54. The molecular formula is C14H30O4S. The van der Waals surface area contributed by atoms with Crippen LogP contribution in [-0.2, 0) is 9.59 Å². The fourth-order valence-corrected chi connectivity index (χ4v) is 1.41. The molecule has 0 bridgehead atoms. The zero-order valence-electron chi connectivity index (χ0n) is 12.3. The van der Waals surface area contributed by atoms with Crippen LogP contribution in [0.2, 0.25) is 0 Å². The largest absolute Gasteiger partial charge is 0.481 e. The minimum atomic E-state index is -0.675. The molecule has 0 fully saturated rings. The van der Waals surface area contributed by atoms with Crippen LogP contribution in [0.3, 0.4) is 0 Å². The van der Waals surface area contributed by atoms with Crippen molar-refractivity contribution in [2.24, 2.45) is 0 Å². The quantitative estimate of drug-likeness (QED) is 0.592. The lowest BCUT2D eigenvalue weighted by atomic mass is 10.2. The van der Waals surface area contributed by atoms with E-state index in [4.69, 9.17) is 10.2 Å². The molecule has 0 aliphatic carbocycles. The van der Waals surface area contributed by atoms with Gasteiger partial charge in [-0.2, -0.15) is 13.5 Å². The summed E-state index contributed by atoms with van der Waals surface area (Å²) in [5, 5.41) is 16.4. The lowest BCUT2D eigenvalue weighted by Gasteiger charge is -1.92. The van der Waals surface area contributed by atoms with Gasteiger partial charge in [0, 0.05) is 12.8 Å². The van der Waals surface area contributed by atoms with Crippen LogP contribution < -0.4 is 0 Å². The summed E-state index contributed by atoms with van der Waals surface area (Å²) in [5.41, 5.74) is 0. The van der Waals surface area contributed by atoms with Gasteiger partial charge in [0.2, 0.25) is 0 Å². The van der Waals surface area contributed by atoms with Crippen LogP contribution in [0, 0.1) is 0 Å². The Morgan fingerprint density at radius 2 is 1.00 bits per heavy atom. The number of carbonyl (C=O) groups is 2. The first kappa shape index (κ1) is 23.4. The van der Waals surface area contributed by atoms with Gasteiger partial charge in [0.15, 0.2) is 0 Å². The molecule has 116 valence electrons. The highest BCUT2D eigenvalue weighted by Crippen LogP contribution is 2.01. The number of hydrogen-bond acceptors (Lipinski definition) is 2. The lowest BCUT2D eigenvalue weighted by molar-refractivity contribution is -0.138. The summed E-state index contributed by atoms with van der Waals surface area (Å²) in [6.45, 7) is 4.22. The molecule has 0 radical (unpaired) electrons. The van der Waals surface area contributed by atoms with Gasteiger partial charge in [0.05, 0.1) is 0 Å². The molecule has 0 heterocycles. The smallest absolute Gasteiger partial charge is 0.303 e. The van der Waals surface area contributed by atoms with Gasteiger partial charge in [0.1, 0.15) is 0 Å². The second kappa shape index (κ2) is 19.6. The molecule has 0 rings (SSSR count). The molecule has 4 nitrogen and oxygen atoms in total. The third-order valence-corrected chi connectivity index (χ3v) is 2.49. The highest BCUT2D eigenvalue weighted by molar-refractivity contribution is 7.59. The standard InChI is InChI=1S/2C7H14O2.H2S/c2*1-2-3-4-5-6-7(8)9;/h2*2-6H2,1H3,(H,8,9);1H2. The molecule has 0 amide bonds. The van der Waals surface area contributed by atoms with Gasteiger partial charge in [-0.1, -0.05) is 52.4 Å². The van der Waals surface area contributed by atoms with Crippen molar-refractivity contribution in [1.29, 1.82) is 0 Å². The van der Waals surface area contributed by atoms with Gasteiger partial charge in [-0.3, -0.25) is 9.59 Å². The van der Waals surface area contributed by atoms with Crippen molar-refractivity contribution in [2.45, 2.75) is 78.1 Å². The Morgan fingerprint density at radius 1 is 0.684 bits per heavy atom. The third kappa shape index (κ3) is 31.7. The molecule has 0 saturated heterocycles. The Labute approximate surface area is 124 Å². The number of rotatable bonds is 10. The Kier molecular flexibility index (Phi) is 24.2. The predicted octanol–water partition coefficient (Wildman–Crippen LogP) is 4.20. The molecule has 0 spiro atoms. The Morgan fingerprint density at radius 3 is 1.21 bits per heavy atom. The monoisotopic (exact) mass is 294 g/mol. The summed E-state index contributed by atoms with van der Waals surface area (Å²) in [5.74, 6) is -1.35. The van der Waals surface area contributed by atoms with Crippen LogP contribution in [-0.4, -0.2) is 22.2 Å². The SMILES string of the molecule is CCCCCCC(=O)O.CCCCCCC(=O)O.S. The summed E-state index contributed by atoms with van der Waals surface area (Å²) >= 11 is 0. The van der Waals surface area contributed by atoms with Crippen molar-refractivity contribution in [3.63, 3.8) is 0 Å². The fraction of sp³-hybridized carbons (Fsp3) is 0.857. The molecule has 0 unspecified atom stereocenters. The Balaban J connectivity index is -0.000000256. The van der Waals surface area contributed by atoms with E-state index in [1.807, 2.05) is 0 Å². The van der Waals surface area contributed by atoms with E-state index in [-0.39, 0.29) is 13.5 Å². The first-order valence-electron chi connectivity index (χ1n) is 6.98. The van der Waals surface area contributed by atoms with E-state index in [0.717, 1.165) is 38.5 Å². The van der Waals surface area contributed by atoms with Crippen molar-refractivity contribution in [3.8, 4) is 0 Å². The Bertz CT molecular complexity index is 186. The maximum atomic E-state index is 9.96. The average molecular weight is 294 g/mol. The van der Waals surface area contributed by atoms with Gasteiger partial charge in [-0.25, -0.2) is 0 Å². The molecule has 2 N–H and O–H groups in total. The molecule has 19 heavy (non-hydrogen) atoms. The minimum Gasteiger partial charge on any atom is -0.481 e. The summed E-state index contributed by atoms with van der Waals surface area (Å²) in [6, 6.07) is 0. The van der Waals surface area contributed by atoms with E-state index in [2.05, 4.69) is 13.8 Å². The van der Waals surface area contributed by atoms with E-state index in [9.17, 15) is 9.59 Å². The maximum absolute atomic E-state index is 9.96. The molecule has 0 atom stereocenters. The average Bonchev–Trinajstić information content (AvgIpc) is 2.31. The van der Waals surface area contributed by atoms with E-state index in [0.29, 0.717) is 12.8 Å². The predicted molar refractivity (Wildman–Crippen MR) is 83.2 cm³/mol. The first-order valence-corrected chi connectivity index (χ1v) is 6.98. The van der Waals surface area contributed by atoms with Gasteiger partial charge >= 0.3 is 11.9 Å². The zero-order valence-corrected chi connectivity index (χ0v) is 13.3. The second-order valence-corrected chi connectivity index (χ2v) is 4.41. The molecule has 5 heteroatoms. The highest BCUT2D eigenvalue weighted by atomic mass is 32.1. The van der Waals surface area contributed by atoms with Crippen LogP contribution in [0.5, 0.6) is 0 Å². The molecule has 0 aromatic heterocycles. The van der Waals surface area contributed by atoms with Crippen LogP contribution in [0.25, 0.3) is 0 Å². The summed E-state index contributed by atoms with van der Waals surface area (Å²) in [6.07, 6.45) is 9.11. The molecule has 0 aliphatic heterocycles. The molecule has 0 aromatic rings. The van der Waals surface area contributed by atoms with Crippen molar-refractivity contribution >= 4 is 25.4 Å². The molecule has 0 aliphatic rings. The number of aliphatic carboxylic acids is 2. The second-order valence-electron chi connectivity index (χ2n) is 4.41. The van der Waals surface area contributed by atoms with Gasteiger partial charge in [-0.15, -0.1) is 0 Å². The van der Waals surface area contributed by atoms with Crippen molar-refractivity contribution in [2.75, 3.05) is 0 Å². The van der Waals surface area contributed by atoms with Crippen LogP contribution in [0.1, 0.15) is 78.1 Å². The van der Waals surface area contributed by atoms with Crippen LogP contribution in [0.4, 0.5) is 0 Å². The summed E-state index contributed by atoms with van der Waals surface area (Å²) < 4.78 is 0. The van der Waals surface area contributed by atoms with Gasteiger partial charge in [-0.05, 0) is 12.8 Å². The lowest BCUT2D eigenvalue weighted by Crippen LogP contribution is -1.92.